The number of pyridine rings is 1. The zero-order valence-electron chi connectivity index (χ0n) is 20.9. The molecule has 1 fully saturated rings. The standard InChI is InChI=1S/C28H37N5O2/c1-20(2)16-32(25-13-5-9-22-10-6-14-29-27(22)25)19-26-30-23-11-3-4-12-24(23)33(26)18-21-8-7-15-31(17-21)28(34)35/h3-4,6,10-12,14,20-21,25H,5,7-9,13,15-19H2,1-2H3,(H,34,35)/t21-,25+/m1/s1. The van der Waals surface area contributed by atoms with Gasteiger partial charge >= 0.3 is 6.09 Å². The number of carboxylic acid groups (broad SMARTS) is 1. The number of fused-ring (bicyclic) bond motifs is 2. The summed E-state index contributed by atoms with van der Waals surface area (Å²) in [6, 6.07) is 12.9. The molecule has 0 bridgehead atoms. The van der Waals surface area contributed by atoms with Gasteiger partial charge in [-0.05, 0) is 67.7 Å². The summed E-state index contributed by atoms with van der Waals surface area (Å²) in [7, 11) is 0. The fourth-order valence-electron chi connectivity index (χ4n) is 5.99. The Labute approximate surface area is 207 Å². The molecule has 1 aliphatic heterocycles. The second kappa shape index (κ2) is 10.4. The lowest BCUT2D eigenvalue weighted by Crippen LogP contribution is -2.40. The van der Waals surface area contributed by atoms with Gasteiger partial charge in [-0.2, -0.15) is 0 Å². The fraction of sp³-hybridized carbons (Fsp3) is 0.536. The molecule has 1 amide bonds. The molecule has 3 aromatic rings. The monoisotopic (exact) mass is 475 g/mol. The molecule has 2 aliphatic rings. The van der Waals surface area contributed by atoms with Crippen molar-refractivity contribution in [2.45, 2.75) is 65.1 Å². The maximum absolute atomic E-state index is 11.6. The number of carbonyl (C=O) groups is 1. The number of para-hydroxylation sites is 2. The number of nitrogens with zero attached hydrogens (tertiary/aromatic N) is 5. The topological polar surface area (TPSA) is 74.5 Å². The second-order valence-electron chi connectivity index (χ2n) is 10.6. The van der Waals surface area contributed by atoms with E-state index in [1.165, 1.54) is 17.7 Å². The van der Waals surface area contributed by atoms with Crippen LogP contribution in [0.25, 0.3) is 11.0 Å². The summed E-state index contributed by atoms with van der Waals surface area (Å²) in [5.74, 6) is 1.90. The summed E-state index contributed by atoms with van der Waals surface area (Å²) >= 11 is 0. The largest absolute Gasteiger partial charge is 0.465 e. The van der Waals surface area contributed by atoms with Crippen molar-refractivity contribution in [1.29, 1.82) is 0 Å². The van der Waals surface area contributed by atoms with Crippen LogP contribution < -0.4 is 0 Å². The van der Waals surface area contributed by atoms with Gasteiger partial charge in [-0.25, -0.2) is 9.78 Å². The molecule has 2 aromatic heterocycles. The highest BCUT2D eigenvalue weighted by molar-refractivity contribution is 5.75. The van der Waals surface area contributed by atoms with E-state index in [9.17, 15) is 9.90 Å². The Hall–Kier alpha value is -2.93. The molecule has 186 valence electrons. The molecule has 5 rings (SSSR count). The van der Waals surface area contributed by atoms with E-state index < -0.39 is 6.09 Å². The lowest BCUT2D eigenvalue weighted by atomic mass is 9.90. The number of aromatic nitrogens is 3. The normalized spacial score (nSPS) is 20.5. The van der Waals surface area contributed by atoms with E-state index in [2.05, 4.69) is 53.6 Å². The Bertz CT molecular complexity index is 1170. The first kappa shape index (κ1) is 23.8. The first-order valence-corrected chi connectivity index (χ1v) is 13.1. The van der Waals surface area contributed by atoms with Crippen molar-refractivity contribution >= 4 is 17.1 Å². The predicted octanol–water partition coefficient (Wildman–Crippen LogP) is 5.36. The van der Waals surface area contributed by atoms with Crippen molar-refractivity contribution in [3.63, 3.8) is 0 Å². The number of hydrogen-bond acceptors (Lipinski definition) is 4. The maximum Gasteiger partial charge on any atom is 0.407 e. The first-order valence-electron chi connectivity index (χ1n) is 13.1. The SMILES string of the molecule is CC(C)CN(Cc1nc2ccccc2n1C[C@@H]1CCCN(C(=O)O)C1)[C@H]1CCCc2cccnc21. The van der Waals surface area contributed by atoms with Crippen LogP contribution in [-0.4, -0.2) is 55.2 Å². The van der Waals surface area contributed by atoms with Crippen LogP contribution in [0, 0.1) is 11.8 Å². The molecule has 0 unspecified atom stereocenters. The molecule has 1 aromatic carbocycles. The molecule has 1 saturated heterocycles. The third-order valence-electron chi connectivity index (χ3n) is 7.51. The van der Waals surface area contributed by atoms with Crippen LogP contribution in [0.2, 0.25) is 0 Å². The van der Waals surface area contributed by atoms with Crippen LogP contribution >= 0.6 is 0 Å². The molecule has 2 atom stereocenters. The molecule has 0 spiro atoms. The number of amides is 1. The Morgan fingerprint density at radius 2 is 2.03 bits per heavy atom. The third kappa shape index (κ3) is 5.20. The third-order valence-corrected chi connectivity index (χ3v) is 7.51. The van der Waals surface area contributed by atoms with Gasteiger partial charge in [-0.1, -0.05) is 32.0 Å². The summed E-state index contributed by atoms with van der Waals surface area (Å²) in [4.78, 5) is 25.7. The number of hydrogen-bond donors (Lipinski definition) is 1. The van der Waals surface area contributed by atoms with E-state index in [-0.39, 0.29) is 0 Å². The first-order chi connectivity index (χ1) is 17.0. The summed E-state index contributed by atoms with van der Waals surface area (Å²) in [6.45, 7) is 8.34. The van der Waals surface area contributed by atoms with E-state index >= 15 is 0 Å². The number of aryl methyl sites for hydroxylation is 1. The molecular formula is C28H37N5O2. The minimum absolute atomic E-state index is 0.298. The van der Waals surface area contributed by atoms with Crippen molar-refractivity contribution < 1.29 is 9.90 Å². The van der Waals surface area contributed by atoms with Gasteiger partial charge in [0.25, 0.3) is 0 Å². The second-order valence-corrected chi connectivity index (χ2v) is 10.6. The Morgan fingerprint density at radius 1 is 1.17 bits per heavy atom. The number of rotatable bonds is 7. The van der Waals surface area contributed by atoms with Crippen molar-refractivity contribution in [3.05, 3.63) is 59.7 Å². The molecule has 0 radical (unpaired) electrons. The Morgan fingerprint density at radius 3 is 2.86 bits per heavy atom. The van der Waals surface area contributed by atoms with Crippen molar-refractivity contribution in [3.8, 4) is 0 Å². The van der Waals surface area contributed by atoms with Gasteiger partial charge in [0.2, 0.25) is 0 Å². The van der Waals surface area contributed by atoms with Crippen LogP contribution in [0.1, 0.15) is 62.7 Å². The molecule has 3 heterocycles. The molecule has 0 saturated carbocycles. The highest BCUT2D eigenvalue weighted by atomic mass is 16.4. The number of piperidine rings is 1. The Kier molecular flexibility index (Phi) is 7.04. The zero-order chi connectivity index (χ0) is 24.4. The van der Waals surface area contributed by atoms with Gasteiger partial charge in [-0.15, -0.1) is 0 Å². The number of imidazole rings is 1. The molecule has 35 heavy (non-hydrogen) atoms. The van der Waals surface area contributed by atoms with Crippen LogP contribution in [0.3, 0.4) is 0 Å². The summed E-state index contributed by atoms with van der Waals surface area (Å²) in [6.07, 6.45) is 6.49. The van der Waals surface area contributed by atoms with Crippen LogP contribution in [0.5, 0.6) is 0 Å². The van der Waals surface area contributed by atoms with Gasteiger partial charge in [-0.3, -0.25) is 9.88 Å². The highest BCUT2D eigenvalue weighted by Crippen LogP contribution is 2.35. The van der Waals surface area contributed by atoms with Gasteiger partial charge in [0, 0.05) is 32.4 Å². The fourth-order valence-corrected chi connectivity index (χ4v) is 5.99. The van der Waals surface area contributed by atoms with Crippen LogP contribution in [0.4, 0.5) is 4.79 Å². The molecule has 1 aliphatic carbocycles. The van der Waals surface area contributed by atoms with Crippen molar-refractivity contribution in [1.82, 2.24) is 24.3 Å². The number of benzene rings is 1. The highest BCUT2D eigenvalue weighted by Gasteiger charge is 2.30. The average molecular weight is 476 g/mol. The minimum atomic E-state index is -0.808. The molecule has 7 heteroatoms. The van der Waals surface area contributed by atoms with E-state index in [0.29, 0.717) is 31.0 Å². The summed E-state index contributed by atoms with van der Waals surface area (Å²) in [5.41, 5.74) is 4.76. The van der Waals surface area contributed by atoms with E-state index in [4.69, 9.17) is 9.97 Å². The van der Waals surface area contributed by atoms with E-state index in [1.807, 2.05) is 12.3 Å². The van der Waals surface area contributed by atoms with Gasteiger partial charge in [0.1, 0.15) is 5.82 Å². The smallest absolute Gasteiger partial charge is 0.407 e. The summed E-state index contributed by atoms with van der Waals surface area (Å²) < 4.78 is 2.36. The Balaban J connectivity index is 1.47. The van der Waals surface area contributed by atoms with Gasteiger partial charge in [0.05, 0.1) is 29.3 Å². The minimum Gasteiger partial charge on any atom is -0.465 e. The molecular weight excluding hydrogens is 438 g/mol. The summed E-state index contributed by atoms with van der Waals surface area (Å²) in [5, 5.41) is 9.53. The van der Waals surface area contributed by atoms with E-state index in [1.54, 1.807) is 4.90 Å². The predicted molar refractivity (Wildman–Crippen MR) is 137 cm³/mol. The number of likely N-dealkylation sites (tertiary alicyclic amines) is 1. The molecule has 7 nitrogen and oxygen atoms in total. The van der Waals surface area contributed by atoms with Crippen LogP contribution in [0.15, 0.2) is 42.6 Å². The van der Waals surface area contributed by atoms with Crippen molar-refractivity contribution in [2.24, 2.45) is 11.8 Å². The van der Waals surface area contributed by atoms with E-state index in [0.717, 1.165) is 62.2 Å². The van der Waals surface area contributed by atoms with Gasteiger partial charge in [0.15, 0.2) is 0 Å². The maximum atomic E-state index is 11.6. The quantitative estimate of drug-likeness (QED) is 0.498. The zero-order valence-corrected chi connectivity index (χ0v) is 20.9. The molecule has 1 N–H and O–H groups in total. The lowest BCUT2D eigenvalue weighted by Gasteiger charge is -2.36. The average Bonchev–Trinajstić information content (AvgIpc) is 3.20. The van der Waals surface area contributed by atoms with Crippen molar-refractivity contribution in [2.75, 3.05) is 19.6 Å². The lowest BCUT2D eigenvalue weighted by molar-refractivity contribution is 0.115. The van der Waals surface area contributed by atoms with Gasteiger partial charge < -0.3 is 14.6 Å². The van der Waals surface area contributed by atoms with Crippen LogP contribution in [-0.2, 0) is 19.5 Å².